The van der Waals surface area contributed by atoms with Gasteiger partial charge in [-0.05, 0) is 41.9 Å². The van der Waals surface area contributed by atoms with Crippen molar-refractivity contribution >= 4 is 66.6 Å². The zero-order valence-electron chi connectivity index (χ0n) is 13.1. The molecule has 136 valence electrons. The summed E-state index contributed by atoms with van der Waals surface area (Å²) in [5, 5.41) is 3.50. The molecule has 1 aromatic carbocycles. The number of sulfone groups is 1. The normalized spacial score (nSPS) is 11.6. The van der Waals surface area contributed by atoms with E-state index in [9.17, 15) is 13.2 Å². The van der Waals surface area contributed by atoms with E-state index in [4.69, 9.17) is 34.8 Å². The summed E-state index contributed by atoms with van der Waals surface area (Å²) in [4.78, 5) is 13.5. The monoisotopic (exact) mass is 487 g/mol. The lowest BCUT2D eigenvalue weighted by molar-refractivity contribution is 0.201. The highest BCUT2D eigenvalue weighted by atomic mass is 79.9. The zero-order valence-corrected chi connectivity index (χ0v) is 17.8. The van der Waals surface area contributed by atoms with Crippen LogP contribution in [0.5, 0.6) is 0 Å². The molecule has 0 saturated carbocycles. The highest BCUT2D eigenvalue weighted by molar-refractivity contribution is 9.10. The van der Waals surface area contributed by atoms with Crippen molar-refractivity contribution in [2.75, 3.05) is 13.1 Å². The summed E-state index contributed by atoms with van der Waals surface area (Å²) in [5.74, 6) is 0. The maximum atomic E-state index is 12.9. The molecular formula is C14H13BrCl3N3O3S. The number of halogens is 4. The third kappa shape index (κ3) is 3.98. The SMILES string of the molecule is CCN(CC)C(=O)n1cc(Br)c(S(=O)(=O)c2c(Cl)cc(Cl)cc2Cl)n1. The van der Waals surface area contributed by atoms with Gasteiger partial charge in [0, 0.05) is 18.1 Å². The van der Waals surface area contributed by atoms with Gasteiger partial charge in [0.05, 0.1) is 20.7 Å². The predicted octanol–water partition coefficient (Wildman–Crippen LogP) is 4.75. The number of nitrogens with zero attached hydrogens (tertiary/aromatic N) is 3. The van der Waals surface area contributed by atoms with Crippen LogP contribution < -0.4 is 0 Å². The summed E-state index contributed by atoms with van der Waals surface area (Å²) in [6, 6.07) is 2.10. The number of carbonyl (C=O) groups excluding carboxylic acids is 1. The lowest BCUT2D eigenvalue weighted by Crippen LogP contribution is -2.34. The predicted molar refractivity (Wildman–Crippen MR) is 101 cm³/mol. The third-order valence-corrected chi connectivity index (χ3v) is 7.02. The Labute approximate surface area is 168 Å². The Morgan fingerprint density at radius 1 is 1.20 bits per heavy atom. The smallest absolute Gasteiger partial charge is 0.323 e. The topological polar surface area (TPSA) is 72.3 Å². The van der Waals surface area contributed by atoms with Crippen LogP contribution in [-0.4, -0.2) is 42.2 Å². The highest BCUT2D eigenvalue weighted by Gasteiger charge is 2.31. The molecule has 1 amide bonds. The largest absolute Gasteiger partial charge is 0.344 e. The molecule has 0 fully saturated rings. The van der Waals surface area contributed by atoms with Gasteiger partial charge in [-0.3, -0.25) is 0 Å². The summed E-state index contributed by atoms with van der Waals surface area (Å²) in [6.07, 6.45) is 1.28. The average Bonchev–Trinajstić information content (AvgIpc) is 2.89. The summed E-state index contributed by atoms with van der Waals surface area (Å²) in [7, 11) is -4.17. The second-order valence-electron chi connectivity index (χ2n) is 4.88. The fourth-order valence-electron chi connectivity index (χ4n) is 2.14. The molecular weight excluding hydrogens is 477 g/mol. The van der Waals surface area contributed by atoms with Crippen LogP contribution in [0.1, 0.15) is 13.8 Å². The molecule has 0 radical (unpaired) electrons. The minimum Gasteiger partial charge on any atom is -0.323 e. The Kier molecular flexibility index (Phi) is 6.43. The molecule has 11 heteroatoms. The molecule has 0 N–H and O–H groups in total. The first-order valence-corrected chi connectivity index (χ1v) is 10.5. The van der Waals surface area contributed by atoms with Gasteiger partial charge in [0.1, 0.15) is 4.90 Å². The van der Waals surface area contributed by atoms with Crippen LogP contribution in [0.4, 0.5) is 4.79 Å². The van der Waals surface area contributed by atoms with Gasteiger partial charge in [-0.15, -0.1) is 0 Å². The zero-order chi connectivity index (χ0) is 18.9. The minimum atomic E-state index is -4.17. The molecule has 2 aromatic rings. The van der Waals surface area contributed by atoms with Gasteiger partial charge in [-0.1, -0.05) is 34.8 Å². The van der Waals surface area contributed by atoms with Crippen LogP contribution in [0.15, 0.2) is 32.7 Å². The Balaban J connectivity index is 2.58. The molecule has 6 nitrogen and oxygen atoms in total. The lowest BCUT2D eigenvalue weighted by Gasteiger charge is -2.17. The summed E-state index contributed by atoms with van der Waals surface area (Å²) in [5.41, 5.74) is 0. The third-order valence-electron chi connectivity index (χ3n) is 3.35. The second-order valence-corrected chi connectivity index (χ2v) is 8.79. The van der Waals surface area contributed by atoms with Crippen molar-refractivity contribution in [3.63, 3.8) is 0 Å². The molecule has 0 saturated heterocycles. The molecule has 0 aliphatic carbocycles. The summed E-state index contributed by atoms with van der Waals surface area (Å²) < 4.78 is 26.9. The van der Waals surface area contributed by atoms with Gasteiger partial charge in [0.25, 0.3) is 0 Å². The number of rotatable bonds is 4. The van der Waals surface area contributed by atoms with E-state index in [0.717, 1.165) is 4.68 Å². The fourth-order valence-corrected chi connectivity index (χ4v) is 5.81. The molecule has 0 unspecified atom stereocenters. The first-order valence-electron chi connectivity index (χ1n) is 7.07. The minimum absolute atomic E-state index is 0.120. The van der Waals surface area contributed by atoms with Gasteiger partial charge in [0.15, 0.2) is 5.03 Å². The van der Waals surface area contributed by atoms with Crippen LogP contribution in [0.3, 0.4) is 0 Å². The van der Waals surface area contributed by atoms with Crippen LogP contribution in [0.25, 0.3) is 0 Å². The van der Waals surface area contributed by atoms with E-state index in [1.807, 2.05) is 13.8 Å². The van der Waals surface area contributed by atoms with Crippen molar-refractivity contribution in [2.24, 2.45) is 0 Å². The van der Waals surface area contributed by atoms with Gasteiger partial charge in [0.2, 0.25) is 9.84 Å². The van der Waals surface area contributed by atoms with Gasteiger partial charge < -0.3 is 4.90 Å². The van der Waals surface area contributed by atoms with E-state index >= 15 is 0 Å². The van der Waals surface area contributed by atoms with E-state index in [1.54, 1.807) is 0 Å². The number of aromatic nitrogens is 2. The molecule has 0 atom stereocenters. The number of hydrogen-bond donors (Lipinski definition) is 0. The maximum Gasteiger partial charge on any atom is 0.344 e. The van der Waals surface area contributed by atoms with Crippen LogP contribution in [-0.2, 0) is 9.84 Å². The summed E-state index contributed by atoms with van der Waals surface area (Å²) in [6.45, 7) is 4.54. The Hall–Kier alpha value is -0.800. The van der Waals surface area contributed by atoms with Crippen LogP contribution in [0.2, 0.25) is 15.1 Å². The van der Waals surface area contributed by atoms with Crippen LogP contribution in [0, 0.1) is 0 Å². The van der Waals surface area contributed by atoms with Crippen molar-refractivity contribution in [2.45, 2.75) is 23.8 Å². The van der Waals surface area contributed by atoms with Crippen LogP contribution >= 0.6 is 50.7 Å². The standard InChI is InChI=1S/C14H13BrCl3N3O3S/c1-3-20(4-2)14(22)21-7-9(15)13(19-21)25(23,24)12-10(17)5-8(16)6-11(12)18/h5-7H,3-4H2,1-2H3. The van der Waals surface area contributed by atoms with Gasteiger partial charge >= 0.3 is 6.03 Å². The fraction of sp³-hybridized carbons (Fsp3) is 0.286. The molecule has 2 rings (SSSR count). The molecule has 0 aliphatic rings. The van der Waals surface area contributed by atoms with E-state index in [-0.39, 0.29) is 29.5 Å². The van der Waals surface area contributed by atoms with E-state index in [2.05, 4.69) is 21.0 Å². The quantitative estimate of drug-likeness (QED) is 0.622. The maximum absolute atomic E-state index is 12.9. The van der Waals surface area contributed by atoms with Crippen molar-refractivity contribution in [1.29, 1.82) is 0 Å². The van der Waals surface area contributed by atoms with E-state index in [1.165, 1.54) is 23.2 Å². The van der Waals surface area contributed by atoms with Crippen molar-refractivity contribution in [1.82, 2.24) is 14.7 Å². The van der Waals surface area contributed by atoms with Gasteiger partial charge in [-0.25, -0.2) is 13.2 Å². The Bertz CT molecular complexity index is 904. The van der Waals surface area contributed by atoms with Crippen molar-refractivity contribution in [3.05, 3.63) is 37.9 Å². The highest BCUT2D eigenvalue weighted by Crippen LogP contribution is 2.37. The Morgan fingerprint density at radius 3 is 2.20 bits per heavy atom. The molecule has 1 aromatic heterocycles. The van der Waals surface area contributed by atoms with Gasteiger partial charge in [-0.2, -0.15) is 9.78 Å². The van der Waals surface area contributed by atoms with Crippen molar-refractivity contribution in [3.8, 4) is 0 Å². The van der Waals surface area contributed by atoms with E-state index < -0.39 is 15.9 Å². The number of benzene rings is 1. The first-order chi connectivity index (χ1) is 11.6. The Morgan fingerprint density at radius 2 is 1.72 bits per heavy atom. The number of hydrogen-bond acceptors (Lipinski definition) is 4. The summed E-state index contributed by atoms with van der Waals surface area (Å²) >= 11 is 21.0. The second kappa shape index (κ2) is 7.84. The number of carbonyl (C=O) groups is 1. The lowest BCUT2D eigenvalue weighted by atomic mass is 10.4. The van der Waals surface area contributed by atoms with E-state index in [0.29, 0.717) is 13.1 Å². The molecule has 1 heterocycles. The molecule has 0 aliphatic heterocycles. The molecule has 0 spiro atoms. The number of amides is 1. The molecule has 0 bridgehead atoms. The first kappa shape index (κ1) is 20.5. The molecule has 25 heavy (non-hydrogen) atoms. The average molecular weight is 490 g/mol. The van der Waals surface area contributed by atoms with Crippen molar-refractivity contribution < 1.29 is 13.2 Å².